The third-order valence-corrected chi connectivity index (χ3v) is 3.60. The molecule has 7 heteroatoms. The third-order valence-electron chi connectivity index (χ3n) is 3.60. The molecule has 0 aromatic heterocycles. The van der Waals surface area contributed by atoms with Crippen LogP contribution in [0.25, 0.3) is 0 Å². The average molecular weight is 361 g/mol. The van der Waals surface area contributed by atoms with Gasteiger partial charge in [0, 0.05) is 12.6 Å². The van der Waals surface area contributed by atoms with Gasteiger partial charge >= 0.3 is 0 Å². The van der Waals surface area contributed by atoms with E-state index in [1.54, 1.807) is 26.4 Å². The van der Waals surface area contributed by atoms with Crippen LogP contribution in [-0.4, -0.2) is 39.9 Å². The van der Waals surface area contributed by atoms with Crippen molar-refractivity contribution >= 4 is 5.96 Å². The number of hydrogen-bond donors (Lipinski definition) is 2. The number of methoxy groups -OCH3 is 2. The minimum atomic E-state index is -0.327. The molecule has 140 valence electrons. The maximum atomic E-state index is 13.0. The molecule has 0 amide bonds. The number of nitrogens with one attached hydrogen (secondary N) is 1. The lowest BCUT2D eigenvalue weighted by atomic mass is 10.1. The van der Waals surface area contributed by atoms with E-state index in [1.807, 2.05) is 18.2 Å². The van der Waals surface area contributed by atoms with Gasteiger partial charge in [0.15, 0.2) is 17.5 Å². The van der Waals surface area contributed by atoms with E-state index in [9.17, 15) is 4.39 Å². The molecule has 26 heavy (non-hydrogen) atoms. The summed E-state index contributed by atoms with van der Waals surface area (Å²) in [5.41, 5.74) is 6.90. The van der Waals surface area contributed by atoms with E-state index in [0.29, 0.717) is 42.9 Å². The van der Waals surface area contributed by atoms with Crippen LogP contribution in [0.1, 0.15) is 5.56 Å². The second-order valence-corrected chi connectivity index (χ2v) is 5.44. The molecule has 0 aliphatic rings. The second-order valence-electron chi connectivity index (χ2n) is 5.44. The number of benzene rings is 2. The van der Waals surface area contributed by atoms with Gasteiger partial charge in [0.1, 0.15) is 18.2 Å². The van der Waals surface area contributed by atoms with E-state index >= 15 is 0 Å². The Hall–Kier alpha value is -2.96. The lowest BCUT2D eigenvalue weighted by molar-refractivity contribution is 0.320. The van der Waals surface area contributed by atoms with Crippen molar-refractivity contribution in [3.8, 4) is 17.2 Å². The molecule has 2 aromatic rings. The maximum absolute atomic E-state index is 13.0. The van der Waals surface area contributed by atoms with Gasteiger partial charge in [-0.3, -0.25) is 4.99 Å². The topological polar surface area (TPSA) is 78.1 Å². The first-order valence-corrected chi connectivity index (χ1v) is 8.25. The molecule has 0 aliphatic carbocycles. The molecule has 2 aromatic carbocycles. The summed E-state index contributed by atoms with van der Waals surface area (Å²) >= 11 is 0. The van der Waals surface area contributed by atoms with Crippen LogP contribution in [0.15, 0.2) is 47.5 Å². The monoisotopic (exact) mass is 361 g/mol. The van der Waals surface area contributed by atoms with Gasteiger partial charge in [0.05, 0.1) is 20.8 Å². The lowest BCUT2D eigenvalue weighted by Crippen LogP contribution is -2.35. The summed E-state index contributed by atoms with van der Waals surface area (Å²) in [6, 6.07) is 11.8. The van der Waals surface area contributed by atoms with Gasteiger partial charge in [0.25, 0.3) is 0 Å². The van der Waals surface area contributed by atoms with Crippen molar-refractivity contribution in [1.82, 2.24) is 5.32 Å². The molecule has 0 heterocycles. The Bertz CT molecular complexity index is 738. The van der Waals surface area contributed by atoms with Crippen LogP contribution in [0.3, 0.4) is 0 Å². The zero-order chi connectivity index (χ0) is 18.8. The standard InChI is InChI=1S/C19H24FN3O3/c1-24-17-7-6-14(12-18(17)25-2)8-9-22-19(21)23-10-11-26-16-5-3-4-15(20)13-16/h3-7,12-13H,8-11H2,1-2H3,(H3,21,22,23). The molecular formula is C19H24FN3O3. The van der Waals surface area contributed by atoms with E-state index in [4.69, 9.17) is 19.9 Å². The molecule has 3 N–H and O–H groups in total. The second kappa shape index (κ2) is 10.1. The van der Waals surface area contributed by atoms with Crippen molar-refractivity contribution < 1.29 is 18.6 Å². The minimum absolute atomic E-state index is 0.327. The molecule has 0 radical (unpaired) electrons. The van der Waals surface area contributed by atoms with E-state index in [1.165, 1.54) is 12.1 Å². The van der Waals surface area contributed by atoms with E-state index < -0.39 is 0 Å². The molecule has 0 saturated carbocycles. The molecule has 2 rings (SSSR count). The number of nitrogens with zero attached hydrogens (tertiary/aromatic N) is 1. The molecule has 0 atom stereocenters. The van der Waals surface area contributed by atoms with Crippen molar-refractivity contribution in [3.05, 3.63) is 53.8 Å². The number of rotatable bonds is 9. The molecular weight excluding hydrogens is 337 g/mol. The van der Waals surface area contributed by atoms with E-state index in [0.717, 1.165) is 12.0 Å². The first kappa shape index (κ1) is 19.4. The van der Waals surface area contributed by atoms with Gasteiger partial charge in [-0.1, -0.05) is 12.1 Å². The maximum Gasteiger partial charge on any atom is 0.188 e. The molecule has 0 unspecified atom stereocenters. The Kier molecular flexibility index (Phi) is 7.54. The van der Waals surface area contributed by atoms with Gasteiger partial charge in [-0.25, -0.2) is 4.39 Å². The van der Waals surface area contributed by atoms with Gasteiger partial charge in [0.2, 0.25) is 0 Å². The largest absolute Gasteiger partial charge is 0.493 e. The Morgan fingerprint density at radius 1 is 1.12 bits per heavy atom. The fourth-order valence-electron chi connectivity index (χ4n) is 2.30. The van der Waals surface area contributed by atoms with Crippen LogP contribution in [0.5, 0.6) is 17.2 Å². The normalized spacial score (nSPS) is 11.1. The molecule has 6 nitrogen and oxygen atoms in total. The zero-order valence-corrected chi connectivity index (χ0v) is 15.0. The predicted molar refractivity (Wildman–Crippen MR) is 99.6 cm³/mol. The molecule has 0 spiro atoms. The van der Waals surface area contributed by atoms with Crippen molar-refractivity contribution in [3.63, 3.8) is 0 Å². The van der Waals surface area contributed by atoms with Crippen molar-refractivity contribution in [2.45, 2.75) is 6.42 Å². The average Bonchev–Trinajstić information content (AvgIpc) is 2.65. The summed E-state index contributed by atoms with van der Waals surface area (Å²) in [6.45, 7) is 1.37. The Morgan fingerprint density at radius 3 is 2.65 bits per heavy atom. The summed E-state index contributed by atoms with van der Waals surface area (Å²) in [4.78, 5) is 4.27. The van der Waals surface area contributed by atoms with Crippen molar-refractivity contribution in [2.24, 2.45) is 10.7 Å². The highest BCUT2D eigenvalue weighted by molar-refractivity contribution is 5.77. The Morgan fingerprint density at radius 2 is 1.92 bits per heavy atom. The predicted octanol–water partition coefficient (Wildman–Crippen LogP) is 2.37. The van der Waals surface area contributed by atoms with E-state index in [2.05, 4.69) is 10.3 Å². The minimum Gasteiger partial charge on any atom is -0.493 e. The highest BCUT2D eigenvalue weighted by Gasteiger charge is 2.04. The fraction of sp³-hybridized carbons (Fsp3) is 0.316. The first-order valence-electron chi connectivity index (χ1n) is 8.25. The van der Waals surface area contributed by atoms with Crippen LogP contribution >= 0.6 is 0 Å². The Labute approximate surface area is 152 Å². The number of nitrogens with two attached hydrogens (primary N) is 1. The molecule has 0 saturated heterocycles. The molecule has 0 fully saturated rings. The quantitative estimate of drug-likeness (QED) is 0.407. The lowest BCUT2D eigenvalue weighted by Gasteiger charge is -2.09. The van der Waals surface area contributed by atoms with Gasteiger partial charge < -0.3 is 25.3 Å². The zero-order valence-electron chi connectivity index (χ0n) is 15.0. The third kappa shape index (κ3) is 6.16. The van der Waals surface area contributed by atoms with Crippen LogP contribution in [0.4, 0.5) is 4.39 Å². The number of halogens is 1. The van der Waals surface area contributed by atoms with Crippen molar-refractivity contribution in [2.75, 3.05) is 33.9 Å². The number of ether oxygens (including phenoxy) is 3. The summed E-state index contributed by atoms with van der Waals surface area (Å²) in [5.74, 6) is 1.88. The highest BCUT2D eigenvalue weighted by atomic mass is 19.1. The highest BCUT2D eigenvalue weighted by Crippen LogP contribution is 2.27. The van der Waals surface area contributed by atoms with E-state index in [-0.39, 0.29) is 5.82 Å². The first-order chi connectivity index (χ1) is 12.6. The molecule has 0 aliphatic heterocycles. The summed E-state index contributed by atoms with van der Waals surface area (Å²) < 4.78 is 28.9. The smallest absolute Gasteiger partial charge is 0.188 e. The number of aliphatic imine (C=N–C) groups is 1. The summed E-state index contributed by atoms with van der Waals surface area (Å²) in [5, 5.41) is 2.96. The number of hydrogen-bond acceptors (Lipinski definition) is 4. The van der Waals surface area contributed by atoms with Crippen LogP contribution in [-0.2, 0) is 6.42 Å². The summed E-state index contributed by atoms with van der Waals surface area (Å²) in [7, 11) is 3.21. The summed E-state index contributed by atoms with van der Waals surface area (Å²) in [6.07, 6.45) is 0.725. The van der Waals surface area contributed by atoms with Crippen molar-refractivity contribution in [1.29, 1.82) is 0 Å². The Balaban J connectivity index is 1.71. The fourth-order valence-corrected chi connectivity index (χ4v) is 2.30. The van der Waals surface area contributed by atoms with Gasteiger partial charge in [-0.05, 0) is 36.2 Å². The SMILES string of the molecule is COc1ccc(CCN=C(N)NCCOc2cccc(F)c2)cc1OC. The van der Waals surface area contributed by atoms with Gasteiger partial charge in [-0.2, -0.15) is 0 Å². The van der Waals surface area contributed by atoms with Crippen LogP contribution in [0, 0.1) is 5.82 Å². The van der Waals surface area contributed by atoms with Crippen LogP contribution in [0.2, 0.25) is 0 Å². The molecule has 0 bridgehead atoms. The van der Waals surface area contributed by atoms with Crippen LogP contribution < -0.4 is 25.3 Å². The van der Waals surface area contributed by atoms with Gasteiger partial charge in [-0.15, -0.1) is 0 Å². The number of guanidine groups is 1.